The fourth-order valence-corrected chi connectivity index (χ4v) is 2.39. The summed E-state index contributed by atoms with van der Waals surface area (Å²) in [6.45, 7) is 2.89. The topological polar surface area (TPSA) is 24.9 Å². The van der Waals surface area contributed by atoms with Gasteiger partial charge < -0.3 is 5.32 Å². The first-order valence-electron chi connectivity index (χ1n) is 6.88. The highest BCUT2D eigenvalue weighted by atomic mass is 79.9. The molecule has 1 heterocycles. The summed E-state index contributed by atoms with van der Waals surface area (Å²) in [6, 6.07) is 7.36. The predicted octanol–water partition coefficient (Wildman–Crippen LogP) is 4.41. The van der Waals surface area contributed by atoms with Gasteiger partial charge in [-0.1, -0.05) is 6.92 Å². The summed E-state index contributed by atoms with van der Waals surface area (Å²) >= 11 is 3.35. The number of nitrogens with zero attached hydrogens (tertiary/aromatic N) is 1. The van der Waals surface area contributed by atoms with E-state index in [0.717, 1.165) is 29.2 Å². The van der Waals surface area contributed by atoms with Crippen LogP contribution in [0.25, 0.3) is 0 Å². The molecule has 1 N–H and O–H groups in total. The van der Waals surface area contributed by atoms with Crippen LogP contribution in [0.2, 0.25) is 0 Å². The molecular weight excluding hydrogens is 338 g/mol. The van der Waals surface area contributed by atoms with Crippen LogP contribution in [0.15, 0.2) is 41.0 Å². The molecule has 2 nitrogen and oxygen atoms in total. The van der Waals surface area contributed by atoms with Gasteiger partial charge in [0.15, 0.2) is 0 Å². The van der Waals surface area contributed by atoms with Crippen LogP contribution in [0.1, 0.15) is 30.6 Å². The predicted molar refractivity (Wildman–Crippen MR) is 83.0 cm³/mol. The van der Waals surface area contributed by atoms with E-state index in [9.17, 15) is 8.78 Å². The molecule has 0 aliphatic carbocycles. The normalized spacial score (nSPS) is 12.4. The van der Waals surface area contributed by atoms with E-state index in [0.29, 0.717) is 12.0 Å². The minimum Gasteiger partial charge on any atom is -0.308 e. The van der Waals surface area contributed by atoms with Gasteiger partial charge in [-0.3, -0.25) is 4.98 Å². The molecule has 112 valence electrons. The lowest BCUT2D eigenvalue weighted by Gasteiger charge is -2.18. The molecule has 0 aliphatic rings. The van der Waals surface area contributed by atoms with Gasteiger partial charge in [-0.2, -0.15) is 0 Å². The Morgan fingerprint density at radius 3 is 2.48 bits per heavy atom. The van der Waals surface area contributed by atoms with Gasteiger partial charge in [0.1, 0.15) is 11.6 Å². The van der Waals surface area contributed by atoms with Crippen molar-refractivity contribution in [1.29, 1.82) is 0 Å². The molecule has 1 atom stereocenters. The molecule has 2 aromatic rings. The molecule has 1 aromatic carbocycles. The number of hydrogen-bond donors (Lipinski definition) is 1. The van der Waals surface area contributed by atoms with Crippen LogP contribution in [0.5, 0.6) is 0 Å². The van der Waals surface area contributed by atoms with Crippen LogP contribution >= 0.6 is 15.9 Å². The van der Waals surface area contributed by atoms with Crippen molar-refractivity contribution in [2.75, 3.05) is 6.54 Å². The molecule has 5 heteroatoms. The Hall–Kier alpha value is -1.33. The van der Waals surface area contributed by atoms with E-state index in [1.54, 1.807) is 6.20 Å². The van der Waals surface area contributed by atoms with E-state index in [1.165, 1.54) is 12.1 Å². The van der Waals surface area contributed by atoms with E-state index in [-0.39, 0.29) is 6.04 Å². The highest BCUT2D eigenvalue weighted by Gasteiger charge is 2.14. The minimum absolute atomic E-state index is 0.0701. The van der Waals surface area contributed by atoms with Gasteiger partial charge in [0.2, 0.25) is 0 Å². The van der Waals surface area contributed by atoms with Gasteiger partial charge in [0.05, 0.1) is 11.7 Å². The van der Waals surface area contributed by atoms with Crippen molar-refractivity contribution >= 4 is 15.9 Å². The molecule has 0 radical (unpaired) electrons. The van der Waals surface area contributed by atoms with Crippen molar-refractivity contribution in [2.24, 2.45) is 0 Å². The van der Waals surface area contributed by atoms with Crippen molar-refractivity contribution in [1.82, 2.24) is 10.3 Å². The summed E-state index contributed by atoms with van der Waals surface area (Å²) < 4.78 is 27.5. The van der Waals surface area contributed by atoms with Gasteiger partial charge in [0.25, 0.3) is 0 Å². The summed E-state index contributed by atoms with van der Waals surface area (Å²) in [7, 11) is 0. The first-order valence-corrected chi connectivity index (χ1v) is 7.67. The third kappa shape index (κ3) is 4.86. The Morgan fingerprint density at radius 2 is 1.90 bits per heavy atom. The maximum absolute atomic E-state index is 13.3. The van der Waals surface area contributed by atoms with E-state index in [4.69, 9.17) is 0 Å². The molecule has 0 spiro atoms. The average molecular weight is 355 g/mol. The van der Waals surface area contributed by atoms with Crippen molar-refractivity contribution in [3.05, 3.63) is 63.9 Å². The zero-order valence-electron chi connectivity index (χ0n) is 11.7. The SMILES string of the molecule is CCCNC(Cc1cc(F)cc(F)c1)c1ccc(Br)cn1. The quantitative estimate of drug-likeness (QED) is 0.831. The van der Waals surface area contributed by atoms with E-state index < -0.39 is 11.6 Å². The van der Waals surface area contributed by atoms with Gasteiger partial charge in [-0.15, -0.1) is 0 Å². The largest absolute Gasteiger partial charge is 0.308 e. The number of halogens is 3. The molecule has 2 rings (SSSR count). The Labute approximate surface area is 131 Å². The van der Waals surface area contributed by atoms with Gasteiger partial charge in [-0.25, -0.2) is 8.78 Å². The second-order valence-electron chi connectivity index (χ2n) is 4.89. The summed E-state index contributed by atoms with van der Waals surface area (Å²) in [5.74, 6) is -1.11. The van der Waals surface area contributed by atoms with Crippen molar-refractivity contribution in [2.45, 2.75) is 25.8 Å². The fraction of sp³-hybridized carbons (Fsp3) is 0.312. The number of aromatic nitrogens is 1. The monoisotopic (exact) mass is 354 g/mol. The van der Waals surface area contributed by atoms with Crippen LogP contribution in [0, 0.1) is 11.6 Å². The summed E-state index contributed by atoms with van der Waals surface area (Å²) in [6.07, 6.45) is 3.19. The number of nitrogens with one attached hydrogen (secondary N) is 1. The smallest absolute Gasteiger partial charge is 0.126 e. The molecule has 0 aliphatic heterocycles. The Balaban J connectivity index is 2.21. The fourth-order valence-electron chi connectivity index (χ4n) is 2.16. The number of benzene rings is 1. The lowest BCUT2D eigenvalue weighted by Crippen LogP contribution is -2.25. The maximum atomic E-state index is 13.3. The highest BCUT2D eigenvalue weighted by Crippen LogP contribution is 2.20. The van der Waals surface area contributed by atoms with E-state index >= 15 is 0 Å². The van der Waals surface area contributed by atoms with Crippen LogP contribution < -0.4 is 5.32 Å². The third-order valence-corrected chi connectivity index (χ3v) is 3.58. The van der Waals surface area contributed by atoms with Crippen LogP contribution in [-0.2, 0) is 6.42 Å². The van der Waals surface area contributed by atoms with Crippen molar-refractivity contribution in [3.63, 3.8) is 0 Å². The lowest BCUT2D eigenvalue weighted by atomic mass is 10.0. The molecule has 21 heavy (non-hydrogen) atoms. The first kappa shape index (κ1) is 16.0. The molecule has 0 saturated carbocycles. The van der Waals surface area contributed by atoms with Gasteiger partial charge >= 0.3 is 0 Å². The molecular formula is C16H17BrF2N2. The van der Waals surface area contributed by atoms with Crippen molar-refractivity contribution < 1.29 is 8.78 Å². The Bertz CT molecular complexity index is 567. The van der Waals surface area contributed by atoms with Crippen LogP contribution in [0.4, 0.5) is 8.78 Å². The Kier molecular flexibility index (Phi) is 5.82. The second-order valence-corrected chi connectivity index (χ2v) is 5.81. The second kappa shape index (κ2) is 7.61. The third-order valence-electron chi connectivity index (χ3n) is 3.11. The Morgan fingerprint density at radius 1 is 1.19 bits per heavy atom. The summed E-state index contributed by atoms with van der Waals surface area (Å²) in [5, 5.41) is 3.37. The number of rotatable bonds is 6. The molecule has 1 unspecified atom stereocenters. The zero-order chi connectivity index (χ0) is 15.2. The van der Waals surface area contributed by atoms with Crippen LogP contribution in [0.3, 0.4) is 0 Å². The minimum atomic E-state index is -0.553. The number of hydrogen-bond acceptors (Lipinski definition) is 2. The average Bonchev–Trinajstić information content (AvgIpc) is 2.43. The van der Waals surface area contributed by atoms with Gasteiger partial charge in [-0.05, 0) is 65.1 Å². The van der Waals surface area contributed by atoms with Crippen molar-refractivity contribution in [3.8, 4) is 0 Å². The molecule has 0 saturated heterocycles. The summed E-state index contributed by atoms with van der Waals surface area (Å²) in [4.78, 5) is 4.38. The lowest BCUT2D eigenvalue weighted by molar-refractivity contribution is 0.512. The molecule has 0 fully saturated rings. The van der Waals surface area contributed by atoms with E-state index in [2.05, 4.69) is 33.2 Å². The zero-order valence-corrected chi connectivity index (χ0v) is 13.3. The number of pyridine rings is 1. The maximum Gasteiger partial charge on any atom is 0.126 e. The molecule has 0 bridgehead atoms. The molecule has 0 amide bonds. The van der Waals surface area contributed by atoms with Gasteiger partial charge in [0, 0.05) is 16.7 Å². The summed E-state index contributed by atoms with van der Waals surface area (Å²) in [5.41, 5.74) is 1.47. The first-order chi connectivity index (χ1) is 10.1. The van der Waals surface area contributed by atoms with Crippen LogP contribution in [-0.4, -0.2) is 11.5 Å². The standard InChI is InChI=1S/C16H17BrF2N2/c1-2-5-20-16(15-4-3-12(17)10-21-15)8-11-6-13(18)9-14(19)7-11/h3-4,6-7,9-10,16,20H,2,5,8H2,1H3. The van der Waals surface area contributed by atoms with E-state index in [1.807, 2.05) is 12.1 Å². The molecule has 1 aromatic heterocycles. The highest BCUT2D eigenvalue weighted by molar-refractivity contribution is 9.10.